The molecule has 3 heterocycles. The minimum atomic E-state index is -4.59. The second-order valence-electron chi connectivity index (χ2n) is 8.44. The number of amides is 1. The van der Waals surface area contributed by atoms with Crippen molar-refractivity contribution < 1.29 is 31.1 Å². The van der Waals surface area contributed by atoms with Gasteiger partial charge in [0, 0.05) is 31.3 Å². The molecule has 0 radical (unpaired) electrons. The summed E-state index contributed by atoms with van der Waals surface area (Å²) in [4.78, 5) is 23.0. The van der Waals surface area contributed by atoms with Crippen molar-refractivity contribution in [3.05, 3.63) is 65.8 Å². The number of aromatic nitrogens is 5. The molecule has 1 saturated heterocycles. The molecule has 3 aromatic rings. The smallest absolute Gasteiger partial charge is 0.329 e. The minimum absolute atomic E-state index is 0.0548. The van der Waals surface area contributed by atoms with E-state index in [-0.39, 0.29) is 29.9 Å². The molecule has 0 N–H and O–H groups in total. The van der Waals surface area contributed by atoms with Gasteiger partial charge in [-0.05, 0) is 30.5 Å². The van der Waals surface area contributed by atoms with E-state index < -0.39 is 54.3 Å². The Balaban J connectivity index is 1.61. The summed E-state index contributed by atoms with van der Waals surface area (Å²) in [5.74, 6) is -5.32. The number of nitrogens with zero attached hydrogens (tertiary/aromatic N) is 6. The van der Waals surface area contributed by atoms with Crippen molar-refractivity contribution >= 4 is 5.91 Å². The lowest BCUT2D eigenvalue weighted by Gasteiger charge is -2.43. The van der Waals surface area contributed by atoms with Crippen molar-refractivity contribution in [2.75, 3.05) is 6.54 Å². The molecule has 13 heteroatoms. The number of carbonyl (C=O) groups excluding carboxylic acids is 1. The van der Waals surface area contributed by atoms with E-state index in [0.717, 1.165) is 21.8 Å². The molecule has 0 aliphatic carbocycles. The molecule has 1 fully saturated rings. The summed E-state index contributed by atoms with van der Waals surface area (Å²) in [7, 11) is 0. The van der Waals surface area contributed by atoms with Gasteiger partial charge < -0.3 is 4.90 Å². The monoisotopic (exact) mass is 498 g/mol. The van der Waals surface area contributed by atoms with Gasteiger partial charge in [-0.1, -0.05) is 6.92 Å². The summed E-state index contributed by atoms with van der Waals surface area (Å²) in [5, 5.41) is 7.87. The van der Waals surface area contributed by atoms with E-state index in [0.29, 0.717) is 12.4 Å². The zero-order chi connectivity index (χ0) is 25.4. The highest BCUT2D eigenvalue weighted by Gasteiger charge is 2.46. The van der Waals surface area contributed by atoms with E-state index in [1.54, 1.807) is 6.92 Å². The number of hydrogen-bond donors (Lipinski definition) is 0. The second-order valence-corrected chi connectivity index (χ2v) is 8.44. The Bertz CT molecular complexity index is 1180. The summed E-state index contributed by atoms with van der Waals surface area (Å²) in [6.07, 6.45) is -0.885. The van der Waals surface area contributed by atoms with E-state index >= 15 is 0 Å². The lowest BCUT2D eigenvalue weighted by Crippen LogP contribution is -2.55. The Kier molecular flexibility index (Phi) is 6.52. The molecule has 186 valence electrons. The van der Waals surface area contributed by atoms with Crippen molar-refractivity contribution in [1.29, 1.82) is 0 Å². The van der Waals surface area contributed by atoms with Crippen LogP contribution in [0.15, 0.2) is 43.0 Å². The van der Waals surface area contributed by atoms with Gasteiger partial charge in [-0.15, -0.1) is 0 Å². The first kappa shape index (κ1) is 24.6. The normalized spacial score (nSPS) is 20.1. The maximum absolute atomic E-state index is 14.5. The molecule has 1 amide bonds. The number of aryl methyl sites for hydroxylation is 1. The van der Waals surface area contributed by atoms with Crippen molar-refractivity contribution in [2.24, 2.45) is 5.92 Å². The minimum Gasteiger partial charge on any atom is -0.329 e. The summed E-state index contributed by atoms with van der Waals surface area (Å²) >= 11 is 0. The van der Waals surface area contributed by atoms with E-state index in [2.05, 4.69) is 20.2 Å². The molecule has 2 atom stereocenters. The SMILES string of the molecule is C[C@@H]1CC(F)(F)CN(C(=O)c2cc(F)ccc2-n2nccn2)[C@@H]1CCc1ncc(C(F)(F)F)cn1. The number of piperidine rings is 1. The van der Waals surface area contributed by atoms with Gasteiger partial charge in [-0.25, -0.2) is 23.1 Å². The molecule has 7 nitrogen and oxygen atoms in total. The Morgan fingerprint density at radius 1 is 1.14 bits per heavy atom. The number of carbonyl (C=O) groups is 1. The summed E-state index contributed by atoms with van der Waals surface area (Å²) < 4.78 is 81.3. The maximum Gasteiger partial charge on any atom is 0.419 e. The fourth-order valence-corrected chi connectivity index (χ4v) is 4.26. The average molecular weight is 498 g/mol. The molecule has 0 spiro atoms. The van der Waals surface area contributed by atoms with Crippen LogP contribution >= 0.6 is 0 Å². The van der Waals surface area contributed by atoms with Crippen molar-refractivity contribution in [3.8, 4) is 5.69 Å². The Labute approximate surface area is 195 Å². The number of alkyl halides is 5. The van der Waals surface area contributed by atoms with E-state index in [1.807, 2.05) is 0 Å². The molecular weight excluding hydrogens is 478 g/mol. The van der Waals surface area contributed by atoms with Gasteiger partial charge in [-0.3, -0.25) is 4.79 Å². The van der Waals surface area contributed by atoms with Gasteiger partial charge in [0.15, 0.2) is 0 Å². The van der Waals surface area contributed by atoms with E-state index in [9.17, 15) is 31.1 Å². The van der Waals surface area contributed by atoms with Crippen molar-refractivity contribution in [2.45, 2.75) is 44.3 Å². The number of rotatable bonds is 5. The lowest BCUT2D eigenvalue weighted by molar-refractivity contribution is -0.138. The lowest BCUT2D eigenvalue weighted by atomic mass is 9.85. The molecule has 1 aromatic carbocycles. The Hall–Kier alpha value is -3.51. The third-order valence-electron chi connectivity index (χ3n) is 5.86. The van der Waals surface area contributed by atoms with Crippen molar-refractivity contribution in [3.63, 3.8) is 0 Å². The molecule has 0 saturated carbocycles. The van der Waals surface area contributed by atoms with Crippen LogP contribution in [0.1, 0.15) is 41.5 Å². The first-order valence-corrected chi connectivity index (χ1v) is 10.7. The molecule has 2 aromatic heterocycles. The summed E-state index contributed by atoms with van der Waals surface area (Å²) in [6.45, 7) is 0.671. The van der Waals surface area contributed by atoms with Gasteiger partial charge in [0.05, 0.1) is 35.8 Å². The van der Waals surface area contributed by atoms with Crippen LogP contribution in [0.25, 0.3) is 5.69 Å². The number of benzene rings is 1. The standard InChI is InChI=1S/C22H20F6N6O/c1-13-9-21(24,25)12-33(17(13)4-5-19-29-10-14(11-30-19)22(26,27)28)20(35)16-8-15(23)2-3-18(16)34-31-6-7-32-34/h2-3,6-8,10-11,13,17H,4-5,9,12H2,1H3/t13-,17-/m1/s1. The fourth-order valence-electron chi connectivity index (χ4n) is 4.26. The first-order valence-electron chi connectivity index (χ1n) is 10.7. The van der Waals surface area contributed by atoms with Crippen LogP contribution in [-0.2, 0) is 12.6 Å². The van der Waals surface area contributed by atoms with Crippen molar-refractivity contribution in [1.82, 2.24) is 29.9 Å². The van der Waals surface area contributed by atoms with Crippen LogP contribution in [0.5, 0.6) is 0 Å². The van der Waals surface area contributed by atoms with Gasteiger partial charge in [0.25, 0.3) is 11.8 Å². The topological polar surface area (TPSA) is 76.8 Å². The fraction of sp³-hybridized carbons (Fsp3) is 0.409. The maximum atomic E-state index is 14.5. The largest absolute Gasteiger partial charge is 0.419 e. The number of hydrogen-bond acceptors (Lipinski definition) is 5. The third-order valence-corrected chi connectivity index (χ3v) is 5.86. The highest BCUT2D eigenvalue weighted by molar-refractivity contribution is 5.98. The van der Waals surface area contributed by atoms with Crippen LogP contribution in [0, 0.1) is 11.7 Å². The zero-order valence-electron chi connectivity index (χ0n) is 18.4. The highest BCUT2D eigenvalue weighted by atomic mass is 19.4. The molecule has 0 unspecified atom stereocenters. The summed E-state index contributed by atoms with van der Waals surface area (Å²) in [5.41, 5.74) is -1.08. The Morgan fingerprint density at radius 2 is 1.80 bits per heavy atom. The van der Waals surface area contributed by atoms with E-state index in [1.165, 1.54) is 18.5 Å². The predicted octanol–water partition coefficient (Wildman–Crippen LogP) is 4.33. The van der Waals surface area contributed by atoms with Gasteiger partial charge in [0.1, 0.15) is 11.6 Å². The van der Waals surface area contributed by atoms with Gasteiger partial charge in [0.2, 0.25) is 0 Å². The quantitative estimate of drug-likeness (QED) is 0.490. The molecule has 35 heavy (non-hydrogen) atoms. The second kappa shape index (κ2) is 9.27. The third kappa shape index (κ3) is 5.43. The number of likely N-dealkylation sites (tertiary alicyclic amines) is 1. The molecular formula is C22H20F6N6O. The summed E-state index contributed by atoms with van der Waals surface area (Å²) in [6, 6.07) is 2.60. The molecule has 4 rings (SSSR count). The average Bonchev–Trinajstić information content (AvgIpc) is 3.31. The highest BCUT2D eigenvalue weighted by Crippen LogP contribution is 2.37. The number of halogens is 6. The van der Waals surface area contributed by atoms with Crippen LogP contribution in [0.4, 0.5) is 26.3 Å². The van der Waals surface area contributed by atoms with Crippen LogP contribution in [-0.4, -0.2) is 54.3 Å². The van der Waals surface area contributed by atoms with Crippen LogP contribution in [0.2, 0.25) is 0 Å². The van der Waals surface area contributed by atoms with Crippen LogP contribution in [0.3, 0.4) is 0 Å². The molecule has 0 bridgehead atoms. The van der Waals surface area contributed by atoms with Crippen LogP contribution < -0.4 is 0 Å². The Morgan fingerprint density at radius 3 is 2.43 bits per heavy atom. The van der Waals surface area contributed by atoms with Gasteiger partial charge in [-0.2, -0.15) is 28.2 Å². The zero-order valence-corrected chi connectivity index (χ0v) is 18.4. The predicted molar refractivity (Wildman–Crippen MR) is 110 cm³/mol. The van der Waals surface area contributed by atoms with E-state index in [4.69, 9.17) is 0 Å². The molecule has 1 aliphatic rings. The first-order chi connectivity index (χ1) is 16.4. The molecule has 1 aliphatic heterocycles. The van der Waals surface area contributed by atoms with Gasteiger partial charge >= 0.3 is 6.18 Å².